The zero-order valence-electron chi connectivity index (χ0n) is 8.78. The van der Waals surface area contributed by atoms with Crippen LogP contribution in [0.2, 0.25) is 0 Å². The lowest BCUT2D eigenvalue weighted by Crippen LogP contribution is -1.99. The van der Waals surface area contributed by atoms with Gasteiger partial charge in [-0.05, 0) is 19.4 Å². The highest BCUT2D eigenvalue weighted by molar-refractivity contribution is 7.84. The second-order valence-corrected chi connectivity index (χ2v) is 4.85. The van der Waals surface area contributed by atoms with Crippen molar-refractivity contribution in [1.29, 1.82) is 0 Å². The van der Waals surface area contributed by atoms with Crippen LogP contribution in [-0.4, -0.2) is 21.0 Å². The molecule has 0 spiro atoms. The van der Waals surface area contributed by atoms with E-state index in [0.29, 0.717) is 23.0 Å². The molecule has 0 aliphatic carbocycles. The van der Waals surface area contributed by atoms with E-state index in [0.717, 1.165) is 6.42 Å². The van der Waals surface area contributed by atoms with Crippen LogP contribution >= 0.6 is 0 Å². The van der Waals surface area contributed by atoms with Gasteiger partial charge in [-0.3, -0.25) is 4.21 Å². The molecule has 0 bridgehead atoms. The molecule has 0 saturated heterocycles. The van der Waals surface area contributed by atoms with E-state index in [-0.39, 0.29) is 5.56 Å². The molecule has 84 valence electrons. The minimum Gasteiger partial charge on any atom is -0.478 e. The van der Waals surface area contributed by atoms with Crippen LogP contribution in [0.1, 0.15) is 35.2 Å². The van der Waals surface area contributed by atoms with Gasteiger partial charge in [0.25, 0.3) is 0 Å². The molecule has 0 amide bonds. The Morgan fingerprint density at radius 2 is 2.27 bits per heavy atom. The van der Waals surface area contributed by atoms with Gasteiger partial charge in [0.05, 0.1) is 5.75 Å². The molecule has 4 nitrogen and oxygen atoms in total. The average molecular weight is 230 g/mol. The Balaban J connectivity index is 2.75. The van der Waals surface area contributed by atoms with Crippen molar-refractivity contribution in [3.8, 4) is 0 Å². The van der Waals surface area contributed by atoms with Crippen LogP contribution in [0, 0.1) is 6.92 Å². The lowest BCUT2D eigenvalue weighted by Gasteiger charge is -1.95. The molecule has 0 radical (unpaired) electrons. The van der Waals surface area contributed by atoms with E-state index in [1.165, 1.54) is 6.07 Å². The van der Waals surface area contributed by atoms with Crippen LogP contribution in [0.3, 0.4) is 0 Å². The number of rotatable bonds is 5. The first-order chi connectivity index (χ1) is 7.04. The summed E-state index contributed by atoms with van der Waals surface area (Å²) in [5.41, 5.74) is 0.151. The molecular weight excluding hydrogens is 216 g/mol. The molecule has 15 heavy (non-hydrogen) atoms. The first kappa shape index (κ1) is 12.0. The second-order valence-electron chi connectivity index (χ2n) is 3.28. The lowest BCUT2D eigenvalue weighted by molar-refractivity contribution is 0.0695. The Morgan fingerprint density at radius 1 is 1.60 bits per heavy atom. The fourth-order valence-corrected chi connectivity index (χ4v) is 2.34. The molecule has 0 aliphatic heterocycles. The van der Waals surface area contributed by atoms with Gasteiger partial charge in [0.15, 0.2) is 0 Å². The highest BCUT2D eigenvalue weighted by Gasteiger charge is 2.14. The van der Waals surface area contributed by atoms with Crippen molar-refractivity contribution in [2.24, 2.45) is 0 Å². The predicted molar refractivity (Wildman–Crippen MR) is 57.4 cm³/mol. The number of hydrogen-bond acceptors (Lipinski definition) is 3. The molecule has 1 aromatic heterocycles. The van der Waals surface area contributed by atoms with E-state index in [2.05, 4.69) is 0 Å². The number of carboxylic acids is 1. The molecule has 5 heteroatoms. The number of furan rings is 1. The summed E-state index contributed by atoms with van der Waals surface area (Å²) >= 11 is 0. The van der Waals surface area contributed by atoms with Gasteiger partial charge < -0.3 is 9.52 Å². The van der Waals surface area contributed by atoms with Crippen molar-refractivity contribution in [3.63, 3.8) is 0 Å². The summed E-state index contributed by atoms with van der Waals surface area (Å²) < 4.78 is 16.6. The number of carbonyl (C=O) groups is 1. The van der Waals surface area contributed by atoms with E-state index in [9.17, 15) is 9.00 Å². The predicted octanol–water partition coefficient (Wildman–Crippen LogP) is 1.94. The molecule has 1 aromatic rings. The number of hydrogen-bond donors (Lipinski definition) is 1. The summed E-state index contributed by atoms with van der Waals surface area (Å²) in [5, 5.41) is 8.78. The van der Waals surface area contributed by atoms with Crippen LogP contribution in [-0.2, 0) is 16.6 Å². The normalized spacial score (nSPS) is 12.7. The van der Waals surface area contributed by atoms with Crippen LogP contribution in [0.5, 0.6) is 0 Å². The third-order valence-electron chi connectivity index (χ3n) is 1.93. The number of carboxylic acid groups (broad SMARTS) is 1. The highest BCUT2D eigenvalue weighted by atomic mass is 32.2. The SMILES string of the molecule is CCCS(=O)Cc1cc(C(=O)O)c(C)o1. The number of aromatic carboxylic acids is 1. The van der Waals surface area contributed by atoms with Crippen LogP contribution in [0.25, 0.3) is 0 Å². The molecule has 0 aromatic carbocycles. The summed E-state index contributed by atoms with van der Waals surface area (Å²) in [7, 11) is -0.966. The maximum atomic E-state index is 11.4. The van der Waals surface area contributed by atoms with E-state index in [1.54, 1.807) is 6.92 Å². The fraction of sp³-hybridized carbons (Fsp3) is 0.500. The van der Waals surface area contributed by atoms with Gasteiger partial charge in [0, 0.05) is 16.6 Å². The van der Waals surface area contributed by atoms with Crippen molar-refractivity contribution in [2.75, 3.05) is 5.75 Å². The minimum absolute atomic E-state index is 0.151. The smallest absolute Gasteiger partial charge is 0.339 e. The Labute approximate surface area is 90.7 Å². The van der Waals surface area contributed by atoms with E-state index in [4.69, 9.17) is 9.52 Å². The quantitative estimate of drug-likeness (QED) is 0.839. The molecule has 0 aliphatic rings. The van der Waals surface area contributed by atoms with Crippen molar-refractivity contribution in [1.82, 2.24) is 0 Å². The van der Waals surface area contributed by atoms with Gasteiger partial charge in [0.2, 0.25) is 0 Å². The molecule has 1 heterocycles. The van der Waals surface area contributed by atoms with Crippen molar-refractivity contribution in [3.05, 3.63) is 23.2 Å². The van der Waals surface area contributed by atoms with Gasteiger partial charge >= 0.3 is 5.97 Å². The molecule has 1 unspecified atom stereocenters. The van der Waals surface area contributed by atoms with Gasteiger partial charge in [-0.2, -0.15) is 0 Å². The average Bonchev–Trinajstić information content (AvgIpc) is 2.47. The summed E-state index contributed by atoms with van der Waals surface area (Å²) in [6.45, 7) is 3.55. The maximum Gasteiger partial charge on any atom is 0.339 e. The molecule has 0 fully saturated rings. The summed E-state index contributed by atoms with van der Waals surface area (Å²) in [6, 6.07) is 1.45. The summed E-state index contributed by atoms with van der Waals surface area (Å²) in [6.07, 6.45) is 0.845. The van der Waals surface area contributed by atoms with Crippen LogP contribution in [0.15, 0.2) is 10.5 Å². The van der Waals surface area contributed by atoms with E-state index >= 15 is 0 Å². The monoisotopic (exact) mass is 230 g/mol. The molecule has 1 N–H and O–H groups in total. The van der Waals surface area contributed by atoms with E-state index < -0.39 is 16.8 Å². The second kappa shape index (κ2) is 5.11. The maximum absolute atomic E-state index is 11.4. The first-order valence-corrected chi connectivity index (χ1v) is 6.21. The van der Waals surface area contributed by atoms with Gasteiger partial charge in [-0.15, -0.1) is 0 Å². The zero-order chi connectivity index (χ0) is 11.4. The Morgan fingerprint density at radius 3 is 2.73 bits per heavy atom. The molecule has 1 rings (SSSR count). The molecule has 1 atom stereocenters. The first-order valence-electron chi connectivity index (χ1n) is 4.72. The lowest BCUT2D eigenvalue weighted by atomic mass is 10.2. The molecular formula is C10H14O4S. The van der Waals surface area contributed by atoms with Crippen LogP contribution in [0.4, 0.5) is 0 Å². The topological polar surface area (TPSA) is 67.5 Å². The number of aryl methyl sites for hydroxylation is 1. The Bertz CT molecular complexity index is 381. The van der Waals surface area contributed by atoms with Gasteiger partial charge in [0.1, 0.15) is 17.1 Å². The van der Waals surface area contributed by atoms with E-state index in [1.807, 2.05) is 6.92 Å². The van der Waals surface area contributed by atoms with Gasteiger partial charge in [-0.1, -0.05) is 6.92 Å². The Hall–Kier alpha value is -1.10. The van der Waals surface area contributed by atoms with Gasteiger partial charge in [-0.25, -0.2) is 4.79 Å². The summed E-state index contributed by atoms with van der Waals surface area (Å²) in [5.74, 6) is 0.746. The van der Waals surface area contributed by atoms with Crippen molar-refractivity contribution < 1.29 is 18.5 Å². The van der Waals surface area contributed by atoms with Crippen molar-refractivity contribution in [2.45, 2.75) is 26.0 Å². The highest BCUT2D eigenvalue weighted by Crippen LogP contribution is 2.16. The summed E-state index contributed by atoms with van der Waals surface area (Å²) in [4.78, 5) is 10.7. The fourth-order valence-electron chi connectivity index (χ4n) is 1.29. The van der Waals surface area contributed by atoms with Crippen molar-refractivity contribution >= 4 is 16.8 Å². The minimum atomic E-state index is -1.01. The zero-order valence-corrected chi connectivity index (χ0v) is 9.60. The van der Waals surface area contributed by atoms with Crippen LogP contribution < -0.4 is 0 Å². The Kier molecular flexibility index (Phi) is 4.08. The largest absolute Gasteiger partial charge is 0.478 e. The third-order valence-corrected chi connectivity index (χ3v) is 3.40. The third kappa shape index (κ3) is 3.20. The molecule has 0 saturated carbocycles. The standard InChI is InChI=1S/C10H14O4S/c1-3-4-15(13)6-8-5-9(10(11)12)7(2)14-8/h5H,3-4,6H2,1-2H3,(H,11,12).